The standard InChI is InChI=1S/C29H31N5O5/c1-17(2)26(27(37)25-18(3)28(38)34(31)29(25)39)33-24(36)15-22(21-7-5-4-6-8-21)32-23(35)14-13-19-9-11-20(16-30)12-10-19/h4-14,17,22,26,38-39H,15,31H2,1-3H3,(H,32,35)(H,33,36)/t22-,26-/m0/s1. The van der Waals surface area contributed by atoms with Crippen LogP contribution >= 0.6 is 0 Å². The van der Waals surface area contributed by atoms with Crippen LogP contribution in [-0.2, 0) is 9.59 Å². The van der Waals surface area contributed by atoms with E-state index in [1.165, 1.54) is 13.0 Å². The van der Waals surface area contributed by atoms with E-state index < -0.39 is 41.4 Å². The summed E-state index contributed by atoms with van der Waals surface area (Å²) >= 11 is 0. The average Bonchev–Trinajstić information content (AvgIpc) is 3.12. The number of nitrogens with one attached hydrogen (secondary N) is 2. The Morgan fingerprint density at radius 2 is 1.67 bits per heavy atom. The third-order valence-electron chi connectivity index (χ3n) is 6.28. The molecule has 0 fully saturated rings. The van der Waals surface area contributed by atoms with E-state index in [9.17, 15) is 24.6 Å². The number of rotatable bonds is 10. The van der Waals surface area contributed by atoms with Gasteiger partial charge in [-0.2, -0.15) is 9.94 Å². The van der Waals surface area contributed by atoms with Crippen LogP contribution in [0.1, 0.15) is 58.9 Å². The molecule has 2 amide bonds. The fourth-order valence-electron chi connectivity index (χ4n) is 4.08. The van der Waals surface area contributed by atoms with Gasteiger partial charge in [-0.1, -0.05) is 56.3 Å². The molecule has 2 atom stereocenters. The smallest absolute Gasteiger partial charge is 0.244 e. The number of nitrogens with zero attached hydrogens (tertiary/aromatic N) is 2. The largest absolute Gasteiger partial charge is 0.493 e. The minimum absolute atomic E-state index is 0.100. The van der Waals surface area contributed by atoms with Crippen LogP contribution in [0, 0.1) is 24.2 Å². The predicted molar refractivity (Wildman–Crippen MR) is 146 cm³/mol. The first-order valence-electron chi connectivity index (χ1n) is 12.3. The van der Waals surface area contributed by atoms with Crippen LogP contribution < -0.4 is 16.5 Å². The normalized spacial score (nSPS) is 12.6. The molecule has 3 rings (SSSR count). The van der Waals surface area contributed by atoms with Crippen LogP contribution in [0.5, 0.6) is 11.8 Å². The fraction of sp³-hybridized carbons (Fsp3) is 0.241. The van der Waals surface area contributed by atoms with Crippen molar-refractivity contribution in [3.63, 3.8) is 0 Å². The highest BCUT2D eigenvalue weighted by Crippen LogP contribution is 2.32. The highest BCUT2D eigenvalue weighted by molar-refractivity contribution is 6.05. The molecule has 10 nitrogen and oxygen atoms in total. The second kappa shape index (κ2) is 12.5. The van der Waals surface area contributed by atoms with E-state index in [1.54, 1.807) is 68.5 Å². The molecule has 1 heterocycles. The molecule has 3 aromatic rings. The Morgan fingerprint density at radius 3 is 2.21 bits per heavy atom. The van der Waals surface area contributed by atoms with Crippen molar-refractivity contribution in [3.05, 3.63) is 88.5 Å². The molecule has 39 heavy (non-hydrogen) atoms. The molecule has 0 spiro atoms. The first-order chi connectivity index (χ1) is 18.5. The van der Waals surface area contributed by atoms with Gasteiger partial charge in [-0.05, 0) is 42.2 Å². The van der Waals surface area contributed by atoms with Crippen LogP contribution in [0.4, 0.5) is 0 Å². The molecule has 0 saturated heterocycles. The molecule has 0 bridgehead atoms. The Kier molecular flexibility index (Phi) is 9.12. The fourth-order valence-corrected chi connectivity index (χ4v) is 4.08. The number of nitrogens with two attached hydrogens (primary N) is 1. The summed E-state index contributed by atoms with van der Waals surface area (Å²) in [6.07, 6.45) is 2.77. The number of aromatic hydroxyl groups is 2. The first kappa shape index (κ1) is 28.5. The summed E-state index contributed by atoms with van der Waals surface area (Å²) in [5.41, 5.74) is 1.86. The summed E-state index contributed by atoms with van der Waals surface area (Å²) in [7, 11) is 0. The van der Waals surface area contributed by atoms with E-state index in [4.69, 9.17) is 11.1 Å². The maximum absolute atomic E-state index is 13.3. The lowest BCUT2D eigenvalue weighted by molar-refractivity contribution is -0.123. The number of carbonyl (C=O) groups is 3. The maximum atomic E-state index is 13.3. The van der Waals surface area contributed by atoms with Crippen molar-refractivity contribution < 1.29 is 24.6 Å². The summed E-state index contributed by atoms with van der Waals surface area (Å²) in [4.78, 5) is 39.1. The van der Waals surface area contributed by atoms with Gasteiger partial charge in [0.05, 0.1) is 35.7 Å². The number of carbonyl (C=O) groups excluding carboxylic acids is 3. The number of nitriles is 1. The molecule has 0 aliphatic carbocycles. The number of nitrogen functional groups attached to an aromatic ring is 1. The number of amides is 2. The van der Waals surface area contributed by atoms with Gasteiger partial charge in [0.25, 0.3) is 0 Å². The molecular weight excluding hydrogens is 498 g/mol. The molecular formula is C29H31N5O5. The molecule has 0 aliphatic heterocycles. The second-order valence-electron chi connectivity index (χ2n) is 9.41. The van der Waals surface area contributed by atoms with E-state index in [1.807, 2.05) is 12.1 Å². The zero-order valence-electron chi connectivity index (χ0n) is 21.9. The molecule has 202 valence electrons. The Balaban J connectivity index is 1.76. The van der Waals surface area contributed by atoms with Crippen LogP contribution in [0.15, 0.2) is 60.7 Å². The minimum atomic E-state index is -1.02. The van der Waals surface area contributed by atoms with E-state index in [0.29, 0.717) is 15.8 Å². The Bertz CT molecular complexity index is 1390. The van der Waals surface area contributed by atoms with Gasteiger partial charge in [0.1, 0.15) is 0 Å². The third-order valence-corrected chi connectivity index (χ3v) is 6.28. The summed E-state index contributed by atoms with van der Waals surface area (Å²) < 4.78 is 0.605. The Labute approximate surface area is 226 Å². The average molecular weight is 530 g/mol. The lowest BCUT2D eigenvalue weighted by Crippen LogP contribution is -2.45. The van der Waals surface area contributed by atoms with E-state index >= 15 is 0 Å². The minimum Gasteiger partial charge on any atom is -0.493 e. The van der Waals surface area contributed by atoms with Gasteiger partial charge in [-0.15, -0.1) is 0 Å². The van der Waals surface area contributed by atoms with E-state index in [2.05, 4.69) is 10.6 Å². The summed E-state index contributed by atoms with van der Waals surface area (Å²) in [5.74, 6) is 2.65. The summed E-state index contributed by atoms with van der Waals surface area (Å²) in [6, 6.07) is 16.0. The first-order valence-corrected chi connectivity index (χ1v) is 12.3. The lowest BCUT2D eigenvalue weighted by atomic mass is 9.93. The maximum Gasteiger partial charge on any atom is 0.244 e. The quantitative estimate of drug-likeness (QED) is 0.153. The Hall–Kier alpha value is -5.04. The molecule has 2 aromatic carbocycles. The van der Waals surface area contributed by atoms with Gasteiger partial charge in [-0.3, -0.25) is 14.4 Å². The molecule has 0 aliphatic rings. The van der Waals surface area contributed by atoms with Gasteiger partial charge in [0.2, 0.25) is 23.6 Å². The van der Waals surface area contributed by atoms with Crippen LogP contribution in [0.3, 0.4) is 0 Å². The van der Waals surface area contributed by atoms with E-state index in [0.717, 1.165) is 5.56 Å². The van der Waals surface area contributed by atoms with Crippen LogP contribution in [0.2, 0.25) is 0 Å². The SMILES string of the molecule is Cc1c(C(=O)[C@@H](NC(=O)C[C@H](NC(=O)C=Cc2ccc(C#N)cc2)c2ccccc2)C(C)C)c(O)n(N)c1O. The molecule has 10 heteroatoms. The monoisotopic (exact) mass is 529 g/mol. The highest BCUT2D eigenvalue weighted by atomic mass is 16.3. The van der Waals surface area contributed by atoms with Gasteiger partial charge in [-0.25, -0.2) is 0 Å². The Morgan fingerprint density at radius 1 is 1.03 bits per heavy atom. The predicted octanol–water partition coefficient (Wildman–Crippen LogP) is 3.08. The summed E-state index contributed by atoms with van der Waals surface area (Å²) in [5, 5.41) is 34.7. The van der Waals surface area contributed by atoms with Crippen LogP contribution in [-0.4, -0.2) is 38.5 Å². The zero-order valence-corrected chi connectivity index (χ0v) is 21.9. The molecule has 6 N–H and O–H groups in total. The van der Waals surface area contributed by atoms with Gasteiger partial charge in [0, 0.05) is 11.6 Å². The van der Waals surface area contributed by atoms with Crippen molar-refractivity contribution in [1.29, 1.82) is 5.26 Å². The van der Waals surface area contributed by atoms with Crippen molar-refractivity contribution in [3.8, 4) is 17.8 Å². The highest BCUT2D eigenvalue weighted by Gasteiger charge is 2.32. The molecule has 0 unspecified atom stereocenters. The number of hydrogen-bond donors (Lipinski definition) is 5. The molecule has 0 saturated carbocycles. The number of ketones is 1. The van der Waals surface area contributed by atoms with Crippen molar-refractivity contribution in [2.45, 2.75) is 39.3 Å². The number of hydrogen-bond acceptors (Lipinski definition) is 7. The third kappa shape index (κ3) is 6.84. The van der Waals surface area contributed by atoms with E-state index in [-0.39, 0.29) is 23.5 Å². The number of Topliss-reactive ketones (excluding diaryl/α,β-unsaturated/α-hetero) is 1. The lowest BCUT2D eigenvalue weighted by Gasteiger charge is -2.24. The van der Waals surface area contributed by atoms with Crippen molar-refractivity contribution >= 4 is 23.7 Å². The topological polar surface area (TPSA) is 170 Å². The summed E-state index contributed by atoms with van der Waals surface area (Å²) in [6.45, 7) is 4.91. The van der Waals surface area contributed by atoms with Crippen molar-refractivity contribution in [2.24, 2.45) is 5.92 Å². The van der Waals surface area contributed by atoms with Crippen molar-refractivity contribution in [2.75, 3.05) is 5.84 Å². The van der Waals surface area contributed by atoms with Crippen molar-refractivity contribution in [1.82, 2.24) is 15.3 Å². The zero-order chi connectivity index (χ0) is 28.7. The van der Waals surface area contributed by atoms with Gasteiger partial charge < -0.3 is 26.7 Å². The van der Waals surface area contributed by atoms with Crippen LogP contribution in [0.25, 0.3) is 6.08 Å². The number of aromatic nitrogens is 1. The molecule has 1 aromatic heterocycles. The van der Waals surface area contributed by atoms with Gasteiger partial charge in [0.15, 0.2) is 5.78 Å². The second-order valence-corrected chi connectivity index (χ2v) is 9.41. The molecule has 0 radical (unpaired) electrons. The van der Waals surface area contributed by atoms with Gasteiger partial charge >= 0.3 is 0 Å². The number of benzene rings is 2.